The van der Waals surface area contributed by atoms with Crippen LogP contribution in [0, 0.1) is 11.7 Å². The van der Waals surface area contributed by atoms with Gasteiger partial charge >= 0.3 is 0 Å². The third kappa shape index (κ3) is 3.43. The number of halogens is 2. The van der Waals surface area contributed by atoms with E-state index in [1.54, 1.807) is 18.2 Å². The molecule has 1 saturated carbocycles. The first kappa shape index (κ1) is 12.8. The molecule has 94 valence electrons. The second-order valence-electron chi connectivity index (χ2n) is 4.96. The Labute approximate surface area is 107 Å². The lowest BCUT2D eigenvalue weighted by molar-refractivity contribution is 0.141. The van der Waals surface area contributed by atoms with Crippen LogP contribution in [0.25, 0.3) is 0 Å². The SMILES string of the molecule is OC1CCCCC(Cc2cccc(Cl)c2F)C1. The van der Waals surface area contributed by atoms with Crippen molar-refractivity contribution in [1.29, 1.82) is 0 Å². The van der Waals surface area contributed by atoms with Gasteiger partial charge in [-0.05, 0) is 36.8 Å². The molecule has 1 nitrogen and oxygen atoms in total. The number of rotatable bonds is 2. The van der Waals surface area contributed by atoms with E-state index in [0.717, 1.165) is 32.1 Å². The standard InChI is InChI=1S/C14H18ClFO/c15-13-7-3-5-11(14(13)16)8-10-4-1-2-6-12(17)9-10/h3,5,7,10,12,17H,1-2,4,6,8-9H2. The van der Waals surface area contributed by atoms with Crippen molar-refractivity contribution in [3.8, 4) is 0 Å². The van der Waals surface area contributed by atoms with E-state index in [1.165, 1.54) is 0 Å². The summed E-state index contributed by atoms with van der Waals surface area (Å²) in [6.07, 6.45) is 5.41. The molecular formula is C14H18ClFO. The van der Waals surface area contributed by atoms with Crippen molar-refractivity contribution >= 4 is 11.6 Å². The van der Waals surface area contributed by atoms with Crippen molar-refractivity contribution in [3.63, 3.8) is 0 Å². The van der Waals surface area contributed by atoms with Gasteiger partial charge < -0.3 is 5.11 Å². The molecule has 2 atom stereocenters. The molecule has 1 aliphatic carbocycles. The van der Waals surface area contributed by atoms with Crippen LogP contribution in [0.2, 0.25) is 5.02 Å². The predicted molar refractivity (Wildman–Crippen MR) is 67.7 cm³/mol. The van der Waals surface area contributed by atoms with E-state index < -0.39 is 0 Å². The van der Waals surface area contributed by atoms with E-state index in [4.69, 9.17) is 11.6 Å². The molecule has 0 spiro atoms. The highest BCUT2D eigenvalue weighted by Gasteiger charge is 2.20. The van der Waals surface area contributed by atoms with Crippen LogP contribution in [-0.2, 0) is 6.42 Å². The van der Waals surface area contributed by atoms with E-state index in [0.29, 0.717) is 17.9 Å². The van der Waals surface area contributed by atoms with E-state index in [-0.39, 0.29) is 16.9 Å². The zero-order valence-electron chi connectivity index (χ0n) is 9.83. The fourth-order valence-corrected chi connectivity index (χ4v) is 2.83. The molecule has 0 aliphatic heterocycles. The summed E-state index contributed by atoms with van der Waals surface area (Å²) in [4.78, 5) is 0. The van der Waals surface area contributed by atoms with Gasteiger partial charge in [-0.1, -0.05) is 43.0 Å². The van der Waals surface area contributed by atoms with Gasteiger partial charge in [0.05, 0.1) is 11.1 Å². The maximum absolute atomic E-state index is 13.8. The largest absolute Gasteiger partial charge is 0.393 e. The van der Waals surface area contributed by atoms with Crippen LogP contribution < -0.4 is 0 Å². The highest BCUT2D eigenvalue weighted by atomic mass is 35.5. The van der Waals surface area contributed by atoms with Gasteiger partial charge in [0.1, 0.15) is 5.82 Å². The Morgan fingerprint density at radius 3 is 2.88 bits per heavy atom. The van der Waals surface area contributed by atoms with Crippen LogP contribution in [-0.4, -0.2) is 11.2 Å². The summed E-state index contributed by atoms with van der Waals surface area (Å²) in [6.45, 7) is 0. The van der Waals surface area contributed by atoms with Gasteiger partial charge in [0.15, 0.2) is 0 Å². The normalized spacial score (nSPS) is 25.6. The zero-order valence-corrected chi connectivity index (χ0v) is 10.6. The third-order valence-corrected chi connectivity index (χ3v) is 3.84. The third-order valence-electron chi connectivity index (χ3n) is 3.55. The maximum Gasteiger partial charge on any atom is 0.144 e. The molecule has 0 aromatic heterocycles. The Kier molecular flexibility index (Phi) is 4.41. The molecule has 0 amide bonds. The van der Waals surface area contributed by atoms with Gasteiger partial charge in [-0.15, -0.1) is 0 Å². The molecule has 2 unspecified atom stereocenters. The second-order valence-corrected chi connectivity index (χ2v) is 5.36. The Hall–Kier alpha value is -0.600. The lowest BCUT2D eigenvalue weighted by Crippen LogP contribution is -2.13. The Morgan fingerprint density at radius 2 is 2.06 bits per heavy atom. The lowest BCUT2D eigenvalue weighted by atomic mass is 9.91. The Bertz CT molecular complexity index is 380. The number of aliphatic hydroxyl groups is 1. The van der Waals surface area contributed by atoms with Crippen molar-refractivity contribution in [2.75, 3.05) is 0 Å². The van der Waals surface area contributed by atoms with Crippen LogP contribution in [0.3, 0.4) is 0 Å². The molecule has 0 radical (unpaired) electrons. The van der Waals surface area contributed by atoms with Gasteiger partial charge in [0, 0.05) is 0 Å². The van der Waals surface area contributed by atoms with Crippen molar-refractivity contribution in [1.82, 2.24) is 0 Å². The van der Waals surface area contributed by atoms with E-state index in [2.05, 4.69) is 0 Å². The minimum Gasteiger partial charge on any atom is -0.393 e. The Morgan fingerprint density at radius 1 is 1.29 bits per heavy atom. The molecule has 1 fully saturated rings. The first-order valence-electron chi connectivity index (χ1n) is 6.27. The minimum absolute atomic E-state index is 0.191. The number of benzene rings is 1. The van der Waals surface area contributed by atoms with Crippen LogP contribution >= 0.6 is 11.6 Å². The molecule has 3 heteroatoms. The molecule has 1 aliphatic rings. The summed E-state index contributed by atoms with van der Waals surface area (Å²) in [5.41, 5.74) is 0.677. The average Bonchev–Trinajstić information content (AvgIpc) is 2.49. The number of hydrogen-bond donors (Lipinski definition) is 1. The van der Waals surface area contributed by atoms with E-state index >= 15 is 0 Å². The highest BCUT2D eigenvalue weighted by Crippen LogP contribution is 2.28. The van der Waals surface area contributed by atoms with Crippen LogP contribution in [0.5, 0.6) is 0 Å². The van der Waals surface area contributed by atoms with E-state index in [9.17, 15) is 9.50 Å². The van der Waals surface area contributed by atoms with Crippen molar-refractivity contribution in [2.24, 2.45) is 5.92 Å². The van der Waals surface area contributed by atoms with Gasteiger partial charge in [-0.25, -0.2) is 4.39 Å². The molecule has 1 N–H and O–H groups in total. The minimum atomic E-state index is -0.298. The van der Waals surface area contributed by atoms with Crippen LogP contribution in [0.15, 0.2) is 18.2 Å². The second kappa shape index (κ2) is 5.83. The topological polar surface area (TPSA) is 20.2 Å². The van der Waals surface area contributed by atoms with Crippen molar-refractivity contribution < 1.29 is 9.50 Å². The fraction of sp³-hybridized carbons (Fsp3) is 0.571. The molecule has 0 bridgehead atoms. The molecule has 17 heavy (non-hydrogen) atoms. The van der Waals surface area contributed by atoms with Crippen LogP contribution in [0.4, 0.5) is 4.39 Å². The van der Waals surface area contributed by atoms with Crippen molar-refractivity contribution in [2.45, 2.75) is 44.6 Å². The first-order chi connectivity index (χ1) is 8.16. The fourth-order valence-electron chi connectivity index (χ4n) is 2.64. The zero-order chi connectivity index (χ0) is 12.3. The summed E-state index contributed by atoms with van der Waals surface area (Å²) in [5.74, 6) is 0.0772. The lowest BCUT2D eigenvalue weighted by Gasteiger charge is -2.17. The Balaban J connectivity index is 2.06. The molecular weight excluding hydrogens is 239 g/mol. The molecule has 0 saturated heterocycles. The number of aliphatic hydroxyl groups excluding tert-OH is 1. The molecule has 2 rings (SSSR count). The summed E-state index contributed by atoms with van der Waals surface area (Å²) in [7, 11) is 0. The molecule has 1 aromatic carbocycles. The summed E-state index contributed by atoms with van der Waals surface area (Å²) in [5, 5.41) is 9.93. The van der Waals surface area contributed by atoms with E-state index in [1.807, 2.05) is 0 Å². The summed E-state index contributed by atoms with van der Waals surface area (Å²) >= 11 is 5.77. The summed E-state index contributed by atoms with van der Waals surface area (Å²) in [6, 6.07) is 5.15. The van der Waals surface area contributed by atoms with Gasteiger partial charge in [0.25, 0.3) is 0 Å². The van der Waals surface area contributed by atoms with Crippen LogP contribution in [0.1, 0.15) is 37.7 Å². The van der Waals surface area contributed by atoms with Gasteiger partial charge in [-0.2, -0.15) is 0 Å². The number of hydrogen-bond acceptors (Lipinski definition) is 1. The quantitative estimate of drug-likeness (QED) is 0.794. The smallest absolute Gasteiger partial charge is 0.144 e. The first-order valence-corrected chi connectivity index (χ1v) is 6.65. The molecule has 0 heterocycles. The average molecular weight is 257 g/mol. The maximum atomic E-state index is 13.8. The van der Waals surface area contributed by atoms with Crippen molar-refractivity contribution in [3.05, 3.63) is 34.6 Å². The highest BCUT2D eigenvalue weighted by molar-refractivity contribution is 6.30. The monoisotopic (exact) mass is 256 g/mol. The van der Waals surface area contributed by atoms with Gasteiger partial charge in [-0.3, -0.25) is 0 Å². The predicted octanol–water partition coefficient (Wildman–Crippen LogP) is 3.96. The molecule has 1 aromatic rings. The summed E-state index contributed by atoms with van der Waals surface area (Å²) < 4.78 is 13.8. The van der Waals surface area contributed by atoms with Gasteiger partial charge in [0.2, 0.25) is 0 Å².